The Hall–Kier alpha value is -1.61. The summed E-state index contributed by atoms with van der Waals surface area (Å²) in [6.07, 6.45) is 2.98. The molecule has 0 radical (unpaired) electrons. The Labute approximate surface area is 52.5 Å². The molecule has 0 aromatic carbocycles. The molecule has 0 aromatic heterocycles. The molecule has 0 amide bonds. The highest BCUT2D eigenvalue weighted by molar-refractivity contribution is 5.72. The summed E-state index contributed by atoms with van der Waals surface area (Å²) in [5, 5.41) is 16.5. The van der Waals surface area contributed by atoms with Crippen molar-refractivity contribution in [1.29, 1.82) is 10.5 Å². The second-order valence-corrected chi connectivity index (χ2v) is 1.60. The van der Waals surface area contributed by atoms with Gasteiger partial charge in [-0.05, 0) is 6.08 Å². The van der Waals surface area contributed by atoms with E-state index in [1.165, 1.54) is 12.3 Å². The van der Waals surface area contributed by atoms with Crippen LogP contribution < -0.4 is 0 Å². The molecule has 3 heteroatoms. The summed E-state index contributed by atoms with van der Waals surface area (Å²) in [5.41, 5.74) is 0.335. The molecule has 1 atom stereocenters. The molecule has 42 valence electrons. The van der Waals surface area contributed by atoms with Crippen LogP contribution in [-0.2, 0) is 0 Å². The lowest BCUT2D eigenvalue weighted by Crippen LogP contribution is -1.86. The first kappa shape index (κ1) is 5.53. The number of nitrogens with zero attached hydrogens (tertiary/aromatic N) is 3. The largest absolute Gasteiger partial charge is 0.248 e. The summed E-state index contributed by atoms with van der Waals surface area (Å²) in [7, 11) is 0. The molecule has 1 unspecified atom stereocenters. The van der Waals surface area contributed by atoms with E-state index in [9.17, 15) is 0 Å². The molecule has 0 saturated carbocycles. The van der Waals surface area contributed by atoms with Crippen LogP contribution in [0, 0.1) is 28.6 Å². The first-order valence-corrected chi connectivity index (χ1v) is 2.42. The smallest absolute Gasteiger partial charge is 0.137 e. The van der Waals surface area contributed by atoms with Gasteiger partial charge >= 0.3 is 0 Å². The number of nitriles is 2. The molecule has 1 rings (SSSR count). The SMILES string of the molecule is N#CC1=CC(C#N)C=N1. The lowest BCUT2D eigenvalue weighted by atomic mass is 10.2. The van der Waals surface area contributed by atoms with Crippen molar-refractivity contribution in [1.82, 2.24) is 0 Å². The molecule has 0 aliphatic carbocycles. The van der Waals surface area contributed by atoms with E-state index in [1.807, 2.05) is 12.1 Å². The van der Waals surface area contributed by atoms with Crippen molar-refractivity contribution in [3.8, 4) is 12.1 Å². The third kappa shape index (κ3) is 0.949. The predicted molar refractivity (Wildman–Crippen MR) is 31.3 cm³/mol. The average Bonchev–Trinajstić information content (AvgIpc) is 2.34. The van der Waals surface area contributed by atoms with Crippen LogP contribution in [0.2, 0.25) is 0 Å². The fourth-order valence-corrected chi connectivity index (χ4v) is 0.553. The lowest BCUT2D eigenvalue weighted by molar-refractivity contribution is 1.20. The zero-order valence-electron chi connectivity index (χ0n) is 4.57. The molecule has 0 fully saturated rings. The van der Waals surface area contributed by atoms with Crippen molar-refractivity contribution < 1.29 is 0 Å². The average molecular weight is 117 g/mol. The fourth-order valence-electron chi connectivity index (χ4n) is 0.553. The van der Waals surface area contributed by atoms with E-state index in [4.69, 9.17) is 10.5 Å². The molecule has 0 spiro atoms. The van der Waals surface area contributed by atoms with Crippen LogP contribution in [0.4, 0.5) is 0 Å². The summed E-state index contributed by atoms with van der Waals surface area (Å²) < 4.78 is 0. The van der Waals surface area contributed by atoms with E-state index >= 15 is 0 Å². The molecule has 0 N–H and O–H groups in total. The van der Waals surface area contributed by atoms with Crippen LogP contribution in [0.5, 0.6) is 0 Å². The third-order valence-electron chi connectivity index (χ3n) is 0.975. The maximum Gasteiger partial charge on any atom is 0.137 e. The first-order valence-electron chi connectivity index (χ1n) is 2.42. The Kier molecular flexibility index (Phi) is 1.29. The van der Waals surface area contributed by atoms with E-state index in [0.29, 0.717) is 5.70 Å². The molecule has 0 bridgehead atoms. The summed E-state index contributed by atoms with van der Waals surface area (Å²) in [6, 6.07) is 3.79. The molecule has 3 nitrogen and oxygen atoms in total. The van der Waals surface area contributed by atoms with Gasteiger partial charge in [0.2, 0.25) is 0 Å². The topological polar surface area (TPSA) is 59.9 Å². The van der Waals surface area contributed by atoms with E-state index in [1.54, 1.807) is 0 Å². The van der Waals surface area contributed by atoms with E-state index in [-0.39, 0.29) is 5.92 Å². The van der Waals surface area contributed by atoms with Crippen molar-refractivity contribution in [3.63, 3.8) is 0 Å². The van der Waals surface area contributed by atoms with Gasteiger partial charge in [0.25, 0.3) is 0 Å². The first-order chi connectivity index (χ1) is 4.36. The van der Waals surface area contributed by atoms with Gasteiger partial charge in [-0.1, -0.05) is 0 Å². The highest BCUT2D eigenvalue weighted by Crippen LogP contribution is 2.08. The number of hydrogen-bond donors (Lipinski definition) is 0. The van der Waals surface area contributed by atoms with Gasteiger partial charge in [0.05, 0.1) is 6.07 Å². The minimum Gasteiger partial charge on any atom is -0.248 e. The molecule has 9 heavy (non-hydrogen) atoms. The Bertz CT molecular complexity index is 248. The number of hydrogen-bond acceptors (Lipinski definition) is 3. The Morgan fingerprint density at radius 2 is 2.33 bits per heavy atom. The predicted octanol–water partition coefficient (Wildman–Crippen LogP) is 0.618. The molecular formula is C6H3N3. The van der Waals surface area contributed by atoms with Crippen LogP contribution in [0.25, 0.3) is 0 Å². The van der Waals surface area contributed by atoms with Crippen LogP contribution in [0.3, 0.4) is 0 Å². The van der Waals surface area contributed by atoms with Gasteiger partial charge in [-0.25, -0.2) is 4.99 Å². The highest BCUT2D eigenvalue weighted by atomic mass is 14.8. The van der Waals surface area contributed by atoms with Gasteiger partial charge in [-0.15, -0.1) is 0 Å². The normalized spacial score (nSPS) is 22.4. The van der Waals surface area contributed by atoms with Crippen LogP contribution in [-0.4, -0.2) is 6.21 Å². The number of rotatable bonds is 0. The van der Waals surface area contributed by atoms with E-state index in [0.717, 1.165) is 0 Å². The van der Waals surface area contributed by atoms with Crippen molar-refractivity contribution in [2.45, 2.75) is 0 Å². The fraction of sp³-hybridized carbons (Fsp3) is 0.167. The van der Waals surface area contributed by atoms with Crippen molar-refractivity contribution in [2.75, 3.05) is 0 Å². The quantitative estimate of drug-likeness (QED) is 0.467. The zero-order valence-corrected chi connectivity index (χ0v) is 4.57. The van der Waals surface area contributed by atoms with Gasteiger partial charge in [0.15, 0.2) is 0 Å². The summed E-state index contributed by atoms with van der Waals surface area (Å²) >= 11 is 0. The molecular weight excluding hydrogens is 114 g/mol. The van der Waals surface area contributed by atoms with Gasteiger partial charge in [0.1, 0.15) is 17.7 Å². The van der Waals surface area contributed by atoms with Gasteiger partial charge in [0, 0.05) is 6.21 Å². The Morgan fingerprint density at radius 3 is 2.67 bits per heavy atom. The van der Waals surface area contributed by atoms with Crippen LogP contribution in [0.1, 0.15) is 0 Å². The maximum atomic E-state index is 8.28. The number of allylic oxidation sites excluding steroid dienone is 2. The van der Waals surface area contributed by atoms with Crippen LogP contribution >= 0.6 is 0 Å². The second-order valence-electron chi connectivity index (χ2n) is 1.60. The van der Waals surface area contributed by atoms with Crippen LogP contribution in [0.15, 0.2) is 16.8 Å². The Morgan fingerprint density at radius 1 is 1.56 bits per heavy atom. The molecule has 1 aliphatic heterocycles. The Balaban J connectivity index is 2.80. The van der Waals surface area contributed by atoms with Gasteiger partial charge < -0.3 is 0 Å². The summed E-state index contributed by atoms with van der Waals surface area (Å²) in [5.74, 6) is -0.292. The standard InChI is InChI=1S/C6H3N3/c7-2-5-1-6(3-8)9-4-5/h1,4-5H. The van der Waals surface area contributed by atoms with Gasteiger partial charge in [-0.3, -0.25) is 0 Å². The second kappa shape index (κ2) is 2.11. The van der Waals surface area contributed by atoms with Crippen molar-refractivity contribution >= 4 is 6.21 Å². The minimum absolute atomic E-state index is 0.292. The van der Waals surface area contributed by atoms with Crippen molar-refractivity contribution in [3.05, 3.63) is 11.8 Å². The van der Waals surface area contributed by atoms with E-state index < -0.39 is 0 Å². The van der Waals surface area contributed by atoms with Crippen molar-refractivity contribution in [2.24, 2.45) is 10.9 Å². The lowest BCUT2D eigenvalue weighted by Gasteiger charge is -1.78. The maximum absolute atomic E-state index is 8.28. The monoisotopic (exact) mass is 117 g/mol. The molecule has 0 saturated heterocycles. The highest BCUT2D eigenvalue weighted by Gasteiger charge is 2.07. The summed E-state index contributed by atoms with van der Waals surface area (Å²) in [6.45, 7) is 0. The van der Waals surface area contributed by atoms with Gasteiger partial charge in [-0.2, -0.15) is 10.5 Å². The molecule has 0 aromatic rings. The third-order valence-corrected chi connectivity index (χ3v) is 0.975. The van der Waals surface area contributed by atoms with E-state index in [2.05, 4.69) is 4.99 Å². The minimum atomic E-state index is -0.292. The number of aliphatic imine (C=N–C) groups is 1. The summed E-state index contributed by atoms with van der Waals surface area (Å²) in [4.78, 5) is 3.66. The molecule has 1 heterocycles. The molecule has 1 aliphatic rings. The zero-order chi connectivity index (χ0) is 6.69.